The van der Waals surface area contributed by atoms with Crippen LogP contribution in [0.5, 0.6) is 0 Å². The summed E-state index contributed by atoms with van der Waals surface area (Å²) < 4.78 is 53.6. The van der Waals surface area contributed by atoms with Crippen LogP contribution in [0, 0.1) is 0 Å². The molecule has 18 heterocycles. The van der Waals surface area contributed by atoms with E-state index in [1.807, 2.05) is 92.9 Å². The molecule has 0 bridgehead atoms. The molecule has 10 aliphatic heterocycles. The van der Waals surface area contributed by atoms with Gasteiger partial charge in [-0.2, -0.15) is 0 Å². The molecule has 832 valence electrons. The molecule has 150 heavy (non-hydrogen) atoms. The lowest BCUT2D eigenvalue weighted by Crippen LogP contribution is -2.57. The first-order valence-electron chi connectivity index (χ1n) is 56.0. The van der Waals surface area contributed by atoms with Crippen LogP contribution >= 0.6 is 0 Å². The zero-order chi connectivity index (χ0) is 109. The van der Waals surface area contributed by atoms with Crippen molar-refractivity contribution >= 4 is 45.5 Å². The number of pyridine rings is 8. The number of nitrogens with zero attached hydrogens (tertiary/aromatic N) is 20. The number of aliphatic hydroxyl groups excluding tert-OH is 6. The molecule has 0 aliphatic carbocycles. The van der Waals surface area contributed by atoms with E-state index in [0.717, 1.165) is 223 Å². The van der Waals surface area contributed by atoms with Crippen molar-refractivity contribution in [1.82, 2.24) is 59.5 Å². The van der Waals surface area contributed by atoms with Crippen LogP contribution in [-0.4, -0.2) is 356 Å². The topological polar surface area (TPSA) is 304 Å². The molecule has 14 atom stereocenters. The second-order valence-corrected chi connectivity index (χ2v) is 46.1. The minimum atomic E-state index is -1.16. The quantitative estimate of drug-likeness (QED) is 0.0329. The van der Waals surface area contributed by atoms with Crippen LogP contribution in [0.25, 0.3) is 0 Å². The molecule has 10 aliphatic rings. The van der Waals surface area contributed by atoms with Crippen LogP contribution in [0.1, 0.15) is 295 Å². The Hall–Kier alpha value is -9.16. The maximum Gasteiger partial charge on any atom is 0.143 e. The third-order valence-corrected chi connectivity index (χ3v) is 30.8. The maximum absolute atomic E-state index is 13.4. The zero-order valence-corrected chi connectivity index (χ0v) is 93.9. The van der Waals surface area contributed by atoms with E-state index in [0.29, 0.717) is 124 Å². The number of hydrogen-bond donors (Lipinski definition) is 8. The van der Waals surface area contributed by atoms with E-state index in [1.54, 1.807) is 24.8 Å². The van der Waals surface area contributed by atoms with Crippen LogP contribution < -0.4 is 39.2 Å². The molecule has 0 spiro atoms. The highest BCUT2D eigenvalue weighted by Gasteiger charge is 2.40. The fourth-order valence-electron chi connectivity index (χ4n) is 20.7. The number of piperidine rings is 8. The maximum atomic E-state index is 13.4. The first-order chi connectivity index (χ1) is 71.4. The van der Waals surface area contributed by atoms with Crippen LogP contribution in [0.3, 0.4) is 0 Å². The fourth-order valence-corrected chi connectivity index (χ4v) is 20.7. The summed E-state index contributed by atoms with van der Waals surface area (Å²) in [5.74, 6) is 3.48. The number of β-amino-alcohol motifs (C(OH)–C–C–N with tert-alkyl or cyclic N) is 2. The van der Waals surface area contributed by atoms with Gasteiger partial charge in [-0.05, 0) is 249 Å². The van der Waals surface area contributed by atoms with Gasteiger partial charge in [-0.1, -0.05) is 111 Å². The van der Waals surface area contributed by atoms with Gasteiger partial charge in [0, 0.05) is 189 Å². The Morgan fingerprint density at radius 3 is 0.667 bits per heavy atom. The Morgan fingerprint density at radius 1 is 0.273 bits per heavy atom. The monoisotopic (exact) mass is 2090 g/mol. The lowest BCUT2D eigenvalue weighted by Gasteiger charge is -2.44. The Balaban J connectivity index is 0.000000163. The average Bonchev–Trinajstić information content (AvgIpc) is 0.812. The second kappa shape index (κ2) is 58.4. The summed E-state index contributed by atoms with van der Waals surface area (Å²) in [6, 6.07) is 33.7. The van der Waals surface area contributed by atoms with Crippen LogP contribution in [0.2, 0.25) is 0 Å². The molecule has 0 aromatic carbocycles. The second-order valence-electron chi connectivity index (χ2n) is 46.1. The summed E-state index contributed by atoms with van der Waals surface area (Å²) in [6.07, 6.45) is 16.1. The summed E-state index contributed by atoms with van der Waals surface area (Å²) in [7, 11) is 4.34. The van der Waals surface area contributed by atoms with E-state index in [4.69, 9.17) is 0 Å². The van der Waals surface area contributed by atoms with Crippen molar-refractivity contribution in [2.24, 2.45) is 0 Å². The molecule has 10 fully saturated rings. The van der Waals surface area contributed by atoms with E-state index in [9.17, 15) is 58.4 Å². The standard InChI is InChI=1S/2C19H32N4O.2C14H22N2O.4C13H19FN2O/c2*1-16(2)18-6-5-17(13-20-18)23-8-4-7-19(24,15-23)14-22-11-9-21(3)10-12-22;2*1-10(2)14-5-4-12(9-15-14)16-7-6-13(17)8-11(16)3;4*1-9(2)12-4-3-10(7-15-12)16-6-5-13(17)11(14)8-16/h2*5-6,13,16,24H,4,7-12,14-15H2,1-3H3;2*4-5,9-11,13,17H,6-8H2,1-3H3;4*3-4,7,9,11,13,17H,5-6,8H2,1-2H3/t19-;;11-,13?;3*11-,13+;2*11-,13-/m1.011010/s1. The summed E-state index contributed by atoms with van der Waals surface area (Å²) in [6.45, 7) is 57.6. The molecule has 0 saturated carbocycles. The number of likely N-dealkylation sites (N-methyl/N-ethyl adjacent to an activating group) is 2. The number of alkyl halides is 4. The van der Waals surface area contributed by atoms with E-state index in [2.05, 4.69) is 266 Å². The van der Waals surface area contributed by atoms with Gasteiger partial charge in [-0.25, -0.2) is 17.6 Å². The van der Waals surface area contributed by atoms with Gasteiger partial charge in [0.1, 0.15) is 24.7 Å². The van der Waals surface area contributed by atoms with Gasteiger partial charge in [0.05, 0.1) is 169 Å². The summed E-state index contributed by atoms with van der Waals surface area (Å²) in [4.78, 5) is 62.2. The Kier molecular flexibility index (Phi) is 47.1. The number of aromatic nitrogens is 8. The molecule has 32 heteroatoms. The highest BCUT2D eigenvalue weighted by molar-refractivity contribution is 5.53. The predicted molar refractivity (Wildman–Crippen MR) is 602 cm³/mol. The van der Waals surface area contributed by atoms with Gasteiger partial charge < -0.3 is 89.9 Å². The predicted octanol–water partition coefficient (Wildman–Crippen LogP) is 17.1. The fraction of sp³-hybridized carbons (Fsp3) is 0.661. The smallest absolute Gasteiger partial charge is 0.143 e. The highest BCUT2D eigenvalue weighted by Crippen LogP contribution is 2.36. The van der Waals surface area contributed by atoms with Gasteiger partial charge in [-0.15, -0.1) is 0 Å². The molecule has 8 N–H and O–H groups in total. The van der Waals surface area contributed by atoms with Gasteiger partial charge in [0.2, 0.25) is 0 Å². The molecule has 0 radical (unpaired) electrons. The minimum Gasteiger partial charge on any atom is -0.393 e. The van der Waals surface area contributed by atoms with E-state index >= 15 is 0 Å². The normalized spacial score (nSPS) is 25.9. The van der Waals surface area contributed by atoms with Gasteiger partial charge in [0.25, 0.3) is 0 Å². The number of halogens is 4. The van der Waals surface area contributed by atoms with E-state index in [-0.39, 0.29) is 38.4 Å². The van der Waals surface area contributed by atoms with Crippen molar-refractivity contribution in [2.75, 3.05) is 210 Å². The zero-order valence-electron chi connectivity index (χ0n) is 93.9. The Labute approximate surface area is 894 Å². The third-order valence-electron chi connectivity index (χ3n) is 30.8. The highest BCUT2D eigenvalue weighted by atomic mass is 19.1. The molecule has 8 aromatic heterocycles. The molecule has 28 nitrogen and oxygen atoms in total. The van der Waals surface area contributed by atoms with Gasteiger partial charge in [0.15, 0.2) is 0 Å². The summed E-state index contributed by atoms with van der Waals surface area (Å²) in [5.41, 5.74) is 15.9. The average molecular weight is 2090 g/mol. The lowest BCUT2D eigenvalue weighted by atomic mass is 9.91. The summed E-state index contributed by atoms with van der Waals surface area (Å²) >= 11 is 0. The third kappa shape index (κ3) is 37.0. The van der Waals surface area contributed by atoms with Crippen molar-refractivity contribution < 1.29 is 58.4 Å². The first kappa shape index (κ1) is 121. The molecule has 0 amide bonds. The van der Waals surface area contributed by atoms with Crippen LogP contribution in [0.4, 0.5) is 63.1 Å². The molecular weight excluding hydrogens is 1900 g/mol. The molecule has 10 saturated heterocycles. The van der Waals surface area contributed by atoms with Crippen molar-refractivity contribution in [3.63, 3.8) is 0 Å². The number of rotatable bonds is 20. The van der Waals surface area contributed by atoms with Crippen LogP contribution in [0.15, 0.2) is 147 Å². The van der Waals surface area contributed by atoms with Crippen molar-refractivity contribution in [1.29, 1.82) is 0 Å². The SMILES string of the molecule is CC(C)c1ccc(N2CCC(O)C[C@@H]2C)cn1.CC(C)c1ccc(N2CCCC(O)(CN3CCN(C)CC3)C2)cn1.CC(C)c1ccc(N2CCC[C@@](O)(CN3CCN(C)CC3)C2)cn1.CC(C)c1ccc(N2CC[C@@H](O)[C@@H](F)C2)cn1.CC(C)c1ccc(N2CC[C@@H](O)[C@H](F)C2)cn1.CC(C)c1ccc(N2CC[C@H](O)C[C@H]2C)cn1.CC(C)c1ccc(N2CC[C@H](O)[C@@H](F)C2)cn1.CC(C)c1ccc(N2CC[C@H](O)[C@H](F)C2)cn1. The first-order valence-corrected chi connectivity index (χ1v) is 56.0. The van der Waals surface area contributed by atoms with Crippen molar-refractivity contribution in [2.45, 2.75) is 334 Å². The van der Waals surface area contributed by atoms with Gasteiger partial charge >= 0.3 is 0 Å². The van der Waals surface area contributed by atoms with E-state index < -0.39 is 60.3 Å². The molecule has 8 aromatic rings. The Bertz CT molecular complexity index is 4680. The van der Waals surface area contributed by atoms with E-state index in [1.165, 1.54) is 11.4 Å². The Morgan fingerprint density at radius 2 is 0.480 bits per heavy atom. The van der Waals surface area contributed by atoms with Crippen LogP contribution in [-0.2, 0) is 0 Å². The number of aliphatic hydroxyl groups is 8. The van der Waals surface area contributed by atoms with Crippen molar-refractivity contribution in [3.05, 3.63) is 192 Å². The number of piperazine rings is 2. The lowest BCUT2D eigenvalue weighted by molar-refractivity contribution is -0.0175. The van der Waals surface area contributed by atoms with Crippen molar-refractivity contribution in [3.8, 4) is 0 Å². The number of hydrogen-bond acceptors (Lipinski definition) is 28. The number of anilines is 8. The minimum absolute atomic E-state index is 0.135. The molecule has 2 unspecified atom stereocenters. The molecular formula is C118H184F4N20O8. The van der Waals surface area contributed by atoms with Gasteiger partial charge in [-0.3, -0.25) is 49.7 Å². The molecule has 18 rings (SSSR count). The largest absolute Gasteiger partial charge is 0.393 e. The summed E-state index contributed by atoms with van der Waals surface area (Å²) in [5, 5.41) is 78.9.